The minimum absolute atomic E-state index is 0.317. The van der Waals surface area contributed by atoms with Crippen LogP contribution in [0.15, 0.2) is 24.3 Å². The zero-order chi connectivity index (χ0) is 13.8. The van der Waals surface area contributed by atoms with E-state index in [-0.39, 0.29) is 5.54 Å². The summed E-state index contributed by atoms with van der Waals surface area (Å²) in [5, 5.41) is 0. The molecule has 0 aromatic heterocycles. The van der Waals surface area contributed by atoms with Gasteiger partial charge in [-0.3, -0.25) is 9.69 Å². The molecule has 100 valence electrons. The zero-order valence-corrected chi connectivity index (χ0v) is 12.3. The smallest absolute Gasteiger partial charge is 0.157 e. The van der Waals surface area contributed by atoms with Crippen molar-refractivity contribution in [3.63, 3.8) is 0 Å². The van der Waals surface area contributed by atoms with Crippen molar-refractivity contribution in [3.05, 3.63) is 35.4 Å². The summed E-state index contributed by atoms with van der Waals surface area (Å²) in [5.74, 6) is 0.326. The summed E-state index contributed by atoms with van der Waals surface area (Å²) in [6.45, 7) is 6.26. The van der Waals surface area contributed by atoms with Crippen molar-refractivity contribution < 1.29 is 4.79 Å². The Morgan fingerprint density at radius 1 is 1.17 bits per heavy atom. The number of likely N-dealkylation sites (N-methyl/N-ethyl adjacent to an activating group) is 1. The zero-order valence-electron chi connectivity index (χ0n) is 12.3. The fourth-order valence-electron chi connectivity index (χ4n) is 2.67. The van der Waals surface area contributed by atoms with Gasteiger partial charge >= 0.3 is 0 Å². The van der Waals surface area contributed by atoms with Crippen LogP contribution in [0.25, 0.3) is 0 Å². The normalized spacial score (nSPS) is 11.9. The maximum atomic E-state index is 12.6. The van der Waals surface area contributed by atoms with Crippen LogP contribution in [0.2, 0.25) is 0 Å². The third-order valence-corrected chi connectivity index (χ3v) is 4.16. The first-order valence-corrected chi connectivity index (χ1v) is 6.73. The lowest BCUT2D eigenvalue weighted by Crippen LogP contribution is -2.51. The van der Waals surface area contributed by atoms with Crippen molar-refractivity contribution in [2.24, 2.45) is 0 Å². The molecule has 0 saturated heterocycles. The predicted octanol–water partition coefficient (Wildman–Crippen LogP) is 3.23. The lowest BCUT2D eigenvalue weighted by molar-refractivity contribution is -0.129. The topological polar surface area (TPSA) is 20.3 Å². The second-order valence-electron chi connectivity index (χ2n) is 5.16. The monoisotopic (exact) mass is 247 g/mol. The molecule has 0 saturated carbocycles. The molecule has 1 rings (SSSR count). The minimum Gasteiger partial charge on any atom is -0.297 e. The number of Topliss-reactive ketones (excluding diaryl/α,β-unsaturated/α-hetero) is 1. The van der Waals surface area contributed by atoms with Gasteiger partial charge in [-0.25, -0.2) is 0 Å². The third kappa shape index (κ3) is 2.81. The van der Waals surface area contributed by atoms with E-state index in [1.807, 2.05) is 26.2 Å². The molecular weight excluding hydrogens is 222 g/mol. The molecule has 0 aliphatic carbocycles. The van der Waals surface area contributed by atoms with E-state index in [1.165, 1.54) is 5.56 Å². The molecule has 0 spiro atoms. The predicted molar refractivity (Wildman–Crippen MR) is 76.9 cm³/mol. The molecule has 0 atom stereocenters. The maximum Gasteiger partial charge on any atom is 0.157 e. The minimum atomic E-state index is -0.317. The van der Waals surface area contributed by atoms with E-state index in [0.29, 0.717) is 12.2 Å². The molecule has 0 bridgehead atoms. The number of ketones is 1. The van der Waals surface area contributed by atoms with Crippen LogP contribution in [-0.2, 0) is 11.2 Å². The molecule has 0 heterocycles. The highest BCUT2D eigenvalue weighted by Gasteiger charge is 2.36. The third-order valence-electron chi connectivity index (χ3n) is 4.16. The Labute approximate surface area is 111 Å². The molecule has 0 aliphatic rings. The Hall–Kier alpha value is -1.15. The average Bonchev–Trinajstić information content (AvgIpc) is 2.34. The van der Waals surface area contributed by atoms with Crippen molar-refractivity contribution in [1.82, 2.24) is 4.90 Å². The molecule has 2 heteroatoms. The van der Waals surface area contributed by atoms with Gasteiger partial charge in [0.15, 0.2) is 5.78 Å². The molecule has 0 unspecified atom stereocenters. The van der Waals surface area contributed by atoms with E-state index in [9.17, 15) is 4.79 Å². The van der Waals surface area contributed by atoms with Gasteiger partial charge in [0, 0.05) is 6.42 Å². The Kier molecular flexibility index (Phi) is 5.09. The second-order valence-corrected chi connectivity index (χ2v) is 5.16. The van der Waals surface area contributed by atoms with E-state index in [2.05, 4.69) is 37.8 Å². The Bertz CT molecular complexity index is 405. The summed E-state index contributed by atoms with van der Waals surface area (Å²) in [4.78, 5) is 14.7. The first-order valence-electron chi connectivity index (χ1n) is 6.73. The lowest BCUT2D eigenvalue weighted by Gasteiger charge is -2.37. The van der Waals surface area contributed by atoms with Crippen LogP contribution in [-0.4, -0.2) is 30.3 Å². The summed E-state index contributed by atoms with van der Waals surface area (Å²) in [5.41, 5.74) is 2.03. The standard InChI is InChI=1S/C16H25NO/c1-6-16(7-2,17(4)5)15(18)12-14-11-9-8-10-13(14)3/h8-11H,6-7,12H2,1-5H3. The summed E-state index contributed by atoms with van der Waals surface area (Å²) < 4.78 is 0. The number of benzene rings is 1. The van der Waals surface area contributed by atoms with Gasteiger partial charge in [-0.2, -0.15) is 0 Å². The number of hydrogen-bond donors (Lipinski definition) is 0. The number of nitrogens with zero attached hydrogens (tertiary/aromatic N) is 1. The maximum absolute atomic E-state index is 12.6. The lowest BCUT2D eigenvalue weighted by atomic mass is 9.83. The molecule has 1 aromatic carbocycles. The molecule has 2 nitrogen and oxygen atoms in total. The van der Waals surface area contributed by atoms with Crippen molar-refractivity contribution in [1.29, 1.82) is 0 Å². The molecule has 0 amide bonds. The summed E-state index contributed by atoms with van der Waals surface area (Å²) in [6, 6.07) is 8.14. The van der Waals surface area contributed by atoms with Gasteiger partial charge in [0.05, 0.1) is 5.54 Å². The number of hydrogen-bond acceptors (Lipinski definition) is 2. The van der Waals surface area contributed by atoms with Crippen molar-refractivity contribution >= 4 is 5.78 Å². The van der Waals surface area contributed by atoms with E-state index >= 15 is 0 Å². The molecule has 0 aliphatic heterocycles. The molecule has 18 heavy (non-hydrogen) atoms. The van der Waals surface area contributed by atoms with Crippen molar-refractivity contribution in [3.8, 4) is 0 Å². The SMILES string of the molecule is CCC(CC)(C(=O)Cc1ccccc1C)N(C)C. The molecule has 0 fully saturated rings. The van der Waals surface area contributed by atoms with E-state index in [4.69, 9.17) is 0 Å². The number of carbonyl (C=O) groups excluding carboxylic acids is 1. The van der Waals surface area contributed by atoms with Gasteiger partial charge in [-0.15, -0.1) is 0 Å². The van der Waals surface area contributed by atoms with Crippen LogP contribution < -0.4 is 0 Å². The van der Waals surface area contributed by atoms with Crippen LogP contribution in [0.4, 0.5) is 0 Å². The van der Waals surface area contributed by atoms with Gasteiger partial charge < -0.3 is 0 Å². The van der Waals surface area contributed by atoms with Gasteiger partial charge in [0.1, 0.15) is 0 Å². The number of rotatable bonds is 6. The van der Waals surface area contributed by atoms with Crippen LogP contribution in [0.1, 0.15) is 37.8 Å². The number of aryl methyl sites for hydroxylation is 1. The quantitative estimate of drug-likeness (QED) is 0.769. The van der Waals surface area contributed by atoms with E-state index in [1.54, 1.807) is 0 Å². The summed E-state index contributed by atoms with van der Waals surface area (Å²) in [7, 11) is 4.01. The highest BCUT2D eigenvalue weighted by molar-refractivity contribution is 5.90. The van der Waals surface area contributed by atoms with Crippen LogP contribution in [0.3, 0.4) is 0 Å². The van der Waals surface area contributed by atoms with Gasteiger partial charge in [-0.05, 0) is 45.0 Å². The fourth-order valence-corrected chi connectivity index (χ4v) is 2.67. The Balaban J connectivity index is 2.96. The van der Waals surface area contributed by atoms with Crippen molar-refractivity contribution in [2.45, 2.75) is 45.6 Å². The average molecular weight is 247 g/mol. The van der Waals surface area contributed by atoms with Crippen LogP contribution in [0.5, 0.6) is 0 Å². The summed E-state index contributed by atoms with van der Waals surface area (Å²) >= 11 is 0. The van der Waals surface area contributed by atoms with Crippen LogP contribution in [0, 0.1) is 6.92 Å². The molecular formula is C16H25NO. The first-order chi connectivity index (χ1) is 8.47. The first kappa shape index (κ1) is 14.9. The molecule has 0 N–H and O–H groups in total. The van der Waals surface area contributed by atoms with E-state index in [0.717, 1.165) is 18.4 Å². The van der Waals surface area contributed by atoms with E-state index < -0.39 is 0 Å². The fraction of sp³-hybridized carbons (Fsp3) is 0.562. The van der Waals surface area contributed by atoms with Crippen LogP contribution >= 0.6 is 0 Å². The van der Waals surface area contributed by atoms with Gasteiger partial charge in [0.2, 0.25) is 0 Å². The second kappa shape index (κ2) is 6.14. The highest BCUT2D eigenvalue weighted by atomic mass is 16.1. The summed E-state index contributed by atoms with van der Waals surface area (Å²) in [6.07, 6.45) is 2.26. The van der Waals surface area contributed by atoms with Gasteiger partial charge in [-0.1, -0.05) is 38.1 Å². The molecule has 1 aromatic rings. The van der Waals surface area contributed by atoms with Crippen molar-refractivity contribution in [2.75, 3.05) is 14.1 Å². The number of carbonyl (C=O) groups is 1. The highest BCUT2D eigenvalue weighted by Crippen LogP contribution is 2.25. The van der Waals surface area contributed by atoms with Gasteiger partial charge in [0.25, 0.3) is 0 Å². The Morgan fingerprint density at radius 3 is 2.17 bits per heavy atom. The largest absolute Gasteiger partial charge is 0.297 e. The Morgan fingerprint density at radius 2 is 1.72 bits per heavy atom. The molecule has 0 radical (unpaired) electrons.